The van der Waals surface area contributed by atoms with Crippen LogP contribution in [-0.4, -0.2) is 16.7 Å². The van der Waals surface area contributed by atoms with Gasteiger partial charge < -0.3 is 5.73 Å². The third-order valence-electron chi connectivity index (χ3n) is 4.19. The molecule has 0 bridgehead atoms. The molecule has 0 aromatic heterocycles. The van der Waals surface area contributed by atoms with E-state index in [0.717, 1.165) is 25.3 Å². The highest BCUT2D eigenvalue weighted by Gasteiger charge is 2.26. The molecular weight excluding hydrogens is 264 g/mol. The van der Waals surface area contributed by atoms with Gasteiger partial charge in [0.1, 0.15) is 0 Å². The Morgan fingerprint density at radius 1 is 1.05 bits per heavy atom. The summed E-state index contributed by atoms with van der Waals surface area (Å²) in [7, 11) is 0. The smallest absolute Gasteiger partial charge is 0.0317 e. The second-order valence-electron chi connectivity index (χ2n) is 5.75. The maximum Gasteiger partial charge on any atom is 0.0317 e. The summed E-state index contributed by atoms with van der Waals surface area (Å²) in [4.78, 5) is 4.02. The van der Waals surface area contributed by atoms with Crippen LogP contribution in [-0.2, 0) is 19.5 Å². The molecular formula is C17H18N2S. The summed E-state index contributed by atoms with van der Waals surface area (Å²) in [5.74, 6) is 0. The molecule has 0 amide bonds. The normalized spacial score (nSPS) is 20.9. The van der Waals surface area contributed by atoms with Gasteiger partial charge in [0.15, 0.2) is 0 Å². The number of rotatable bonds is 2. The van der Waals surface area contributed by atoms with Crippen molar-refractivity contribution in [3.63, 3.8) is 0 Å². The third kappa shape index (κ3) is 2.21. The molecule has 2 aromatic carbocycles. The Balaban J connectivity index is 1.43. The molecule has 2 aliphatic heterocycles. The van der Waals surface area contributed by atoms with Gasteiger partial charge in [-0.3, -0.25) is 4.90 Å². The lowest BCUT2D eigenvalue weighted by Crippen LogP contribution is -2.26. The van der Waals surface area contributed by atoms with Gasteiger partial charge in [0.2, 0.25) is 0 Å². The van der Waals surface area contributed by atoms with E-state index in [9.17, 15) is 0 Å². The van der Waals surface area contributed by atoms with Crippen molar-refractivity contribution in [3.8, 4) is 0 Å². The zero-order chi connectivity index (χ0) is 13.5. The Morgan fingerprint density at radius 3 is 2.80 bits per heavy atom. The van der Waals surface area contributed by atoms with Crippen molar-refractivity contribution in [2.75, 3.05) is 12.3 Å². The summed E-state index contributed by atoms with van der Waals surface area (Å²) in [5, 5.41) is 0.694. The number of nitrogen functional groups attached to an aromatic ring is 1. The molecule has 3 heteroatoms. The van der Waals surface area contributed by atoms with Crippen molar-refractivity contribution in [2.24, 2.45) is 0 Å². The van der Waals surface area contributed by atoms with E-state index in [1.165, 1.54) is 28.0 Å². The number of hydrogen-bond donors (Lipinski definition) is 1. The number of thioether (sulfide) groups is 1. The van der Waals surface area contributed by atoms with Gasteiger partial charge in [-0.1, -0.05) is 24.3 Å². The van der Waals surface area contributed by atoms with Crippen molar-refractivity contribution in [1.82, 2.24) is 4.90 Å². The number of hydrogen-bond acceptors (Lipinski definition) is 3. The molecule has 0 saturated heterocycles. The lowest BCUT2D eigenvalue weighted by atomic mass is 10.1. The lowest BCUT2D eigenvalue weighted by Gasteiger charge is -2.18. The summed E-state index contributed by atoms with van der Waals surface area (Å²) < 4.78 is 0. The van der Waals surface area contributed by atoms with Crippen LogP contribution in [0.3, 0.4) is 0 Å². The van der Waals surface area contributed by atoms with Gasteiger partial charge in [0.05, 0.1) is 0 Å². The Hall–Kier alpha value is -1.45. The van der Waals surface area contributed by atoms with Crippen LogP contribution < -0.4 is 5.73 Å². The first-order chi connectivity index (χ1) is 9.78. The summed E-state index contributed by atoms with van der Waals surface area (Å²) >= 11 is 2.04. The standard InChI is InChI=1S/C17H18N2S/c18-15-6-5-13-9-19(10-14(13)7-15)11-16-8-12-3-1-2-4-17(12)20-16/h1-7,16H,8-11,18H2. The van der Waals surface area contributed by atoms with Crippen LogP contribution in [0.25, 0.3) is 0 Å². The molecule has 0 radical (unpaired) electrons. The van der Waals surface area contributed by atoms with Gasteiger partial charge in [-0.2, -0.15) is 0 Å². The fourth-order valence-corrected chi connectivity index (χ4v) is 4.63. The topological polar surface area (TPSA) is 29.3 Å². The van der Waals surface area contributed by atoms with Gasteiger partial charge >= 0.3 is 0 Å². The van der Waals surface area contributed by atoms with Gasteiger partial charge in [0, 0.05) is 35.5 Å². The van der Waals surface area contributed by atoms with Gasteiger partial charge in [0.25, 0.3) is 0 Å². The molecule has 1 atom stereocenters. The number of benzene rings is 2. The van der Waals surface area contributed by atoms with Crippen LogP contribution in [0, 0.1) is 0 Å². The fraction of sp³-hybridized carbons (Fsp3) is 0.294. The maximum absolute atomic E-state index is 5.87. The van der Waals surface area contributed by atoms with Crippen LogP contribution in [0.2, 0.25) is 0 Å². The highest BCUT2D eigenvalue weighted by molar-refractivity contribution is 8.00. The minimum Gasteiger partial charge on any atom is -0.399 e. The average molecular weight is 282 g/mol. The molecule has 2 N–H and O–H groups in total. The number of anilines is 1. The molecule has 102 valence electrons. The molecule has 0 spiro atoms. The maximum atomic E-state index is 5.87. The second-order valence-corrected chi connectivity index (χ2v) is 7.09. The minimum atomic E-state index is 0.694. The molecule has 2 aromatic rings. The van der Waals surface area contributed by atoms with Crippen LogP contribution in [0.5, 0.6) is 0 Å². The highest BCUT2D eigenvalue weighted by Crippen LogP contribution is 2.38. The average Bonchev–Trinajstić information content (AvgIpc) is 3.00. The van der Waals surface area contributed by atoms with Gasteiger partial charge in [-0.15, -0.1) is 11.8 Å². The SMILES string of the molecule is Nc1ccc2c(c1)CN(CC1Cc3ccccc3S1)C2. The summed E-state index contributed by atoms with van der Waals surface area (Å²) in [6, 6.07) is 15.1. The van der Waals surface area contributed by atoms with E-state index < -0.39 is 0 Å². The fourth-order valence-electron chi connectivity index (χ4n) is 3.26. The molecule has 4 rings (SSSR count). The molecule has 2 heterocycles. The summed E-state index contributed by atoms with van der Waals surface area (Å²) in [6.07, 6.45) is 1.20. The van der Waals surface area contributed by atoms with Crippen molar-refractivity contribution in [2.45, 2.75) is 29.7 Å². The third-order valence-corrected chi connectivity index (χ3v) is 5.50. The van der Waals surface area contributed by atoms with E-state index >= 15 is 0 Å². The minimum absolute atomic E-state index is 0.694. The van der Waals surface area contributed by atoms with E-state index in [-0.39, 0.29) is 0 Å². The zero-order valence-corrected chi connectivity index (χ0v) is 12.2. The van der Waals surface area contributed by atoms with Crippen molar-refractivity contribution >= 4 is 17.4 Å². The van der Waals surface area contributed by atoms with E-state index in [0.29, 0.717) is 5.25 Å². The summed E-state index contributed by atoms with van der Waals surface area (Å²) in [6.45, 7) is 3.28. The molecule has 2 nitrogen and oxygen atoms in total. The molecule has 20 heavy (non-hydrogen) atoms. The predicted molar refractivity (Wildman–Crippen MR) is 84.8 cm³/mol. The molecule has 1 unspecified atom stereocenters. The van der Waals surface area contributed by atoms with Crippen LogP contribution >= 0.6 is 11.8 Å². The molecule has 2 aliphatic rings. The van der Waals surface area contributed by atoms with Gasteiger partial charge in [-0.25, -0.2) is 0 Å². The Morgan fingerprint density at radius 2 is 1.90 bits per heavy atom. The van der Waals surface area contributed by atoms with E-state index in [1.54, 1.807) is 0 Å². The monoisotopic (exact) mass is 282 g/mol. The Kier molecular flexibility index (Phi) is 2.97. The van der Waals surface area contributed by atoms with Crippen LogP contribution in [0.1, 0.15) is 16.7 Å². The zero-order valence-electron chi connectivity index (χ0n) is 11.4. The first kappa shape index (κ1) is 12.3. The van der Waals surface area contributed by atoms with Crippen molar-refractivity contribution in [3.05, 3.63) is 59.2 Å². The van der Waals surface area contributed by atoms with Crippen LogP contribution in [0.4, 0.5) is 5.69 Å². The first-order valence-electron chi connectivity index (χ1n) is 7.12. The number of fused-ring (bicyclic) bond motifs is 2. The molecule has 0 fully saturated rings. The van der Waals surface area contributed by atoms with Crippen LogP contribution in [0.15, 0.2) is 47.4 Å². The largest absolute Gasteiger partial charge is 0.399 e. The molecule has 0 saturated carbocycles. The van der Waals surface area contributed by atoms with Crippen molar-refractivity contribution < 1.29 is 0 Å². The number of nitrogens with zero attached hydrogens (tertiary/aromatic N) is 1. The first-order valence-corrected chi connectivity index (χ1v) is 8.00. The van der Waals surface area contributed by atoms with E-state index in [1.807, 2.05) is 17.8 Å². The Bertz CT molecular complexity index is 628. The lowest BCUT2D eigenvalue weighted by molar-refractivity contribution is 0.285. The van der Waals surface area contributed by atoms with E-state index in [4.69, 9.17) is 5.73 Å². The highest BCUT2D eigenvalue weighted by atomic mass is 32.2. The summed E-state index contributed by atoms with van der Waals surface area (Å²) in [5.41, 5.74) is 11.1. The quantitative estimate of drug-likeness (QED) is 0.857. The Labute approximate surface area is 124 Å². The molecule has 0 aliphatic carbocycles. The second kappa shape index (κ2) is 4.83. The predicted octanol–water partition coefficient (Wildman–Crippen LogP) is 3.30. The number of nitrogens with two attached hydrogens (primary N) is 1. The van der Waals surface area contributed by atoms with Gasteiger partial charge in [-0.05, 0) is 41.3 Å². The van der Waals surface area contributed by atoms with Crippen molar-refractivity contribution in [1.29, 1.82) is 0 Å². The van der Waals surface area contributed by atoms with E-state index in [2.05, 4.69) is 41.3 Å².